The number of aromatic nitrogens is 2. The molecular weight excluding hydrogens is 200 g/mol. The lowest BCUT2D eigenvalue weighted by molar-refractivity contribution is -0.740. The van der Waals surface area contributed by atoms with E-state index in [4.69, 9.17) is 0 Å². The molecule has 0 saturated carbocycles. The molecule has 78 valence electrons. The Hall–Kier alpha value is -0.970. The predicted octanol–water partition coefficient (Wildman–Crippen LogP) is 0.603. The molecule has 1 heterocycles. The van der Waals surface area contributed by atoms with Crippen LogP contribution < -0.4 is 10.1 Å². The van der Waals surface area contributed by atoms with Crippen molar-refractivity contribution in [3.8, 4) is 5.88 Å². The third kappa shape index (κ3) is 1.77. The van der Waals surface area contributed by atoms with Gasteiger partial charge in [-0.1, -0.05) is 0 Å². The van der Waals surface area contributed by atoms with Crippen LogP contribution >= 0.6 is 11.8 Å². The van der Waals surface area contributed by atoms with Crippen LogP contribution in [0.4, 0.5) is 0 Å². The van der Waals surface area contributed by atoms with Crippen LogP contribution in [0.2, 0.25) is 0 Å². The molecule has 1 rings (SSSR count). The van der Waals surface area contributed by atoms with Gasteiger partial charge in [0.25, 0.3) is 5.88 Å². The van der Waals surface area contributed by atoms with E-state index in [0.717, 1.165) is 5.16 Å². The summed E-state index contributed by atoms with van der Waals surface area (Å²) < 4.78 is 3.36. The van der Waals surface area contributed by atoms with Gasteiger partial charge in [-0.2, -0.15) is 9.13 Å². The molecule has 0 spiro atoms. The molecular formula is C9H15N2O2S+. The van der Waals surface area contributed by atoms with Crippen molar-refractivity contribution in [2.24, 2.45) is 0 Å². The fraction of sp³-hybridized carbons (Fsp3) is 0.556. The molecule has 0 aliphatic heterocycles. The molecule has 14 heavy (non-hydrogen) atoms. The fourth-order valence-corrected chi connectivity index (χ4v) is 2.30. The lowest BCUT2D eigenvalue weighted by atomic mass is 10.5. The average Bonchev–Trinajstić information content (AvgIpc) is 2.16. The van der Waals surface area contributed by atoms with Crippen molar-refractivity contribution in [2.75, 3.05) is 6.26 Å². The summed E-state index contributed by atoms with van der Waals surface area (Å²) in [6, 6.07) is 1.26. The Morgan fingerprint density at radius 2 is 2.21 bits per heavy atom. The first-order valence-corrected chi connectivity index (χ1v) is 5.78. The summed E-state index contributed by atoms with van der Waals surface area (Å²) in [7, 11) is 0. The van der Waals surface area contributed by atoms with E-state index in [2.05, 4.69) is 0 Å². The normalized spacial score (nSPS) is 10.5. The second-order valence-electron chi connectivity index (χ2n) is 2.82. The Labute approximate surface area is 87.2 Å². The molecule has 1 aromatic heterocycles. The minimum Gasteiger partial charge on any atom is -0.478 e. The molecule has 0 bridgehead atoms. The molecule has 5 heteroatoms. The van der Waals surface area contributed by atoms with Crippen LogP contribution in [-0.4, -0.2) is 15.9 Å². The maximum atomic E-state index is 11.5. The van der Waals surface area contributed by atoms with Crippen molar-refractivity contribution >= 4 is 11.8 Å². The quantitative estimate of drug-likeness (QED) is 0.456. The van der Waals surface area contributed by atoms with Crippen molar-refractivity contribution in [1.82, 2.24) is 4.57 Å². The zero-order valence-electron chi connectivity index (χ0n) is 8.65. The first-order chi connectivity index (χ1) is 6.65. The molecule has 0 aliphatic rings. The lowest BCUT2D eigenvalue weighted by Crippen LogP contribution is -2.42. The van der Waals surface area contributed by atoms with Crippen molar-refractivity contribution in [1.29, 1.82) is 0 Å². The average molecular weight is 215 g/mol. The Balaban J connectivity index is 3.51. The van der Waals surface area contributed by atoms with Gasteiger partial charge in [0.2, 0.25) is 0 Å². The van der Waals surface area contributed by atoms with Gasteiger partial charge < -0.3 is 5.11 Å². The molecule has 0 atom stereocenters. The van der Waals surface area contributed by atoms with E-state index in [1.165, 1.54) is 17.8 Å². The van der Waals surface area contributed by atoms with Crippen LogP contribution in [0.15, 0.2) is 16.0 Å². The van der Waals surface area contributed by atoms with Gasteiger partial charge in [-0.25, -0.2) is 4.79 Å². The van der Waals surface area contributed by atoms with Crippen LogP contribution in [0, 0.1) is 0 Å². The maximum absolute atomic E-state index is 11.5. The summed E-state index contributed by atoms with van der Waals surface area (Å²) in [6.45, 7) is 5.12. The summed E-state index contributed by atoms with van der Waals surface area (Å²) in [5.74, 6) is 0.0338. The monoisotopic (exact) mass is 215 g/mol. The van der Waals surface area contributed by atoms with E-state index in [1.54, 1.807) is 9.13 Å². The smallest absolute Gasteiger partial charge is 0.342 e. The fourth-order valence-electron chi connectivity index (χ4n) is 1.41. The molecule has 1 N–H and O–H groups in total. The Morgan fingerprint density at radius 1 is 1.57 bits per heavy atom. The van der Waals surface area contributed by atoms with Crippen molar-refractivity contribution in [3.63, 3.8) is 0 Å². The molecule has 0 aromatic carbocycles. The largest absolute Gasteiger partial charge is 0.478 e. The van der Waals surface area contributed by atoms with Gasteiger partial charge in [0.15, 0.2) is 0 Å². The molecule has 0 aliphatic carbocycles. The summed E-state index contributed by atoms with van der Waals surface area (Å²) in [4.78, 5) is 11.5. The van der Waals surface area contributed by atoms with Gasteiger partial charge in [0.1, 0.15) is 6.07 Å². The van der Waals surface area contributed by atoms with E-state index >= 15 is 0 Å². The van der Waals surface area contributed by atoms with Crippen molar-refractivity contribution in [2.45, 2.75) is 32.1 Å². The van der Waals surface area contributed by atoms with Crippen molar-refractivity contribution < 1.29 is 9.67 Å². The second-order valence-corrected chi connectivity index (χ2v) is 3.59. The molecule has 1 aromatic rings. The highest BCUT2D eigenvalue weighted by molar-refractivity contribution is 7.98. The first kappa shape index (κ1) is 11.1. The number of thioether (sulfide) groups is 1. The second kappa shape index (κ2) is 4.50. The highest BCUT2D eigenvalue weighted by Crippen LogP contribution is 2.10. The van der Waals surface area contributed by atoms with Crippen LogP contribution in [-0.2, 0) is 13.1 Å². The van der Waals surface area contributed by atoms with Crippen LogP contribution in [0.3, 0.4) is 0 Å². The standard InChI is InChI=1S/C9H14N2O2S/c1-4-10-7(12)6-8(13)11(5-2)9(10)14-3/h6H,4-5H2,1-3H3/p+1. The van der Waals surface area contributed by atoms with Gasteiger partial charge in [-0.15, -0.1) is 0 Å². The topological polar surface area (TPSA) is 46.1 Å². The third-order valence-electron chi connectivity index (χ3n) is 2.07. The van der Waals surface area contributed by atoms with Crippen LogP contribution in [0.5, 0.6) is 5.88 Å². The van der Waals surface area contributed by atoms with Gasteiger partial charge >= 0.3 is 10.7 Å². The molecule has 4 nitrogen and oxygen atoms in total. The zero-order chi connectivity index (χ0) is 10.7. The van der Waals surface area contributed by atoms with E-state index in [1.807, 2.05) is 20.1 Å². The maximum Gasteiger partial charge on any atom is 0.342 e. The number of aromatic hydroxyl groups is 1. The lowest BCUT2D eigenvalue weighted by Gasteiger charge is -2.07. The predicted molar refractivity (Wildman–Crippen MR) is 55.7 cm³/mol. The van der Waals surface area contributed by atoms with Gasteiger partial charge in [0, 0.05) is 0 Å². The van der Waals surface area contributed by atoms with Gasteiger partial charge in [-0.3, -0.25) is 0 Å². The number of rotatable bonds is 3. The van der Waals surface area contributed by atoms with Crippen LogP contribution in [0.25, 0.3) is 0 Å². The summed E-state index contributed by atoms with van der Waals surface area (Å²) in [5.41, 5.74) is -0.154. The van der Waals surface area contributed by atoms with E-state index in [9.17, 15) is 9.90 Å². The van der Waals surface area contributed by atoms with Gasteiger partial charge in [0.05, 0.1) is 13.1 Å². The summed E-state index contributed by atoms with van der Waals surface area (Å²) in [6.07, 6.45) is 1.90. The number of nitrogens with zero attached hydrogens (tertiary/aromatic N) is 2. The highest BCUT2D eigenvalue weighted by Gasteiger charge is 2.19. The third-order valence-corrected chi connectivity index (χ3v) is 2.88. The molecule has 0 saturated heterocycles. The summed E-state index contributed by atoms with van der Waals surface area (Å²) >= 11 is 1.47. The Bertz CT molecular complexity index is 387. The Morgan fingerprint density at radius 3 is 2.64 bits per heavy atom. The Kier molecular flexibility index (Phi) is 3.57. The molecule has 0 amide bonds. The zero-order valence-corrected chi connectivity index (χ0v) is 9.47. The summed E-state index contributed by atoms with van der Waals surface area (Å²) in [5, 5.41) is 10.4. The van der Waals surface area contributed by atoms with Crippen molar-refractivity contribution in [3.05, 3.63) is 16.4 Å². The minimum absolute atomic E-state index is 0.0338. The molecule has 0 unspecified atom stereocenters. The molecule has 0 fully saturated rings. The SMILES string of the molecule is CCn1c(SC)[n+](CC)c(O)cc1=O. The van der Waals surface area contributed by atoms with E-state index < -0.39 is 0 Å². The van der Waals surface area contributed by atoms with Gasteiger partial charge in [-0.05, 0) is 31.9 Å². The number of hydrogen-bond acceptors (Lipinski definition) is 3. The minimum atomic E-state index is -0.154. The highest BCUT2D eigenvalue weighted by atomic mass is 32.2. The van der Waals surface area contributed by atoms with Crippen LogP contribution in [0.1, 0.15) is 13.8 Å². The van der Waals surface area contributed by atoms with E-state index in [-0.39, 0.29) is 11.4 Å². The van der Waals surface area contributed by atoms with E-state index in [0.29, 0.717) is 13.1 Å². The molecule has 0 radical (unpaired) electrons. The first-order valence-electron chi connectivity index (χ1n) is 4.56. The number of hydrogen-bond donors (Lipinski definition) is 1.